The maximum atomic E-state index is 11.9. The molecule has 2 aromatic heterocycles. The number of hydrogen-bond donors (Lipinski definition) is 0. The number of benzene rings is 1. The number of nitrogens with zero attached hydrogens (tertiary/aromatic N) is 4. The monoisotopic (exact) mass is 374 g/mol. The normalized spacial score (nSPS) is 10.9. The summed E-state index contributed by atoms with van der Waals surface area (Å²) in [5.41, 5.74) is 0.968. The highest BCUT2D eigenvalue weighted by Gasteiger charge is 2.11. The van der Waals surface area contributed by atoms with Gasteiger partial charge in [0.05, 0.1) is 0 Å². The molecule has 0 fully saturated rings. The van der Waals surface area contributed by atoms with Crippen molar-refractivity contribution in [2.45, 2.75) is 24.5 Å². The molecular formula is C17H18N4O4S. The molecule has 0 bridgehead atoms. The third-order valence-corrected chi connectivity index (χ3v) is 4.62. The Labute approximate surface area is 153 Å². The van der Waals surface area contributed by atoms with Crippen LogP contribution in [-0.2, 0) is 26.5 Å². The van der Waals surface area contributed by atoms with Gasteiger partial charge in [0.15, 0.2) is 6.61 Å². The fourth-order valence-electron chi connectivity index (χ4n) is 2.26. The van der Waals surface area contributed by atoms with Crippen molar-refractivity contribution in [2.75, 3.05) is 0 Å². The second kappa shape index (κ2) is 7.61. The van der Waals surface area contributed by atoms with E-state index in [0.29, 0.717) is 22.6 Å². The van der Waals surface area contributed by atoms with E-state index in [1.54, 1.807) is 7.05 Å². The topological polar surface area (TPSA) is 92.2 Å². The predicted molar refractivity (Wildman–Crippen MR) is 96.3 cm³/mol. The molecule has 0 spiro atoms. The van der Waals surface area contributed by atoms with Crippen LogP contribution < -0.4 is 16.0 Å². The molecule has 3 rings (SSSR count). The predicted octanol–water partition coefficient (Wildman–Crippen LogP) is 1.65. The van der Waals surface area contributed by atoms with E-state index in [-0.39, 0.29) is 17.9 Å². The van der Waals surface area contributed by atoms with E-state index < -0.39 is 0 Å². The van der Waals surface area contributed by atoms with Crippen LogP contribution in [0.1, 0.15) is 17.1 Å². The minimum atomic E-state index is -0.370. The number of aromatic nitrogens is 4. The van der Waals surface area contributed by atoms with Gasteiger partial charge in [0.1, 0.15) is 5.75 Å². The quantitative estimate of drug-likeness (QED) is 0.606. The summed E-state index contributed by atoms with van der Waals surface area (Å²) in [5.74, 6) is 1.45. The molecule has 0 N–H and O–H groups in total. The van der Waals surface area contributed by atoms with E-state index in [4.69, 9.17) is 9.15 Å². The van der Waals surface area contributed by atoms with Gasteiger partial charge in [0.2, 0.25) is 0 Å². The smallest absolute Gasteiger partial charge is 0.330 e. The molecule has 8 nitrogen and oxygen atoms in total. The first kappa shape index (κ1) is 18.0. The molecule has 3 aromatic rings. The Bertz CT molecular complexity index is 1040. The van der Waals surface area contributed by atoms with Gasteiger partial charge in [0.25, 0.3) is 16.7 Å². The minimum absolute atomic E-state index is 0.168. The number of thioether (sulfide) groups is 1. The summed E-state index contributed by atoms with van der Waals surface area (Å²) in [4.78, 5) is 23.7. The number of rotatable bonds is 6. The fourth-order valence-corrected chi connectivity index (χ4v) is 3.06. The van der Waals surface area contributed by atoms with Crippen molar-refractivity contribution < 1.29 is 9.15 Å². The SMILES string of the molecule is Cc1cccc(OCc2nnc(SCc3cc(=O)n(C)c(=O)n3C)o2)c1. The lowest BCUT2D eigenvalue weighted by Crippen LogP contribution is -2.37. The molecule has 0 atom stereocenters. The molecule has 2 heterocycles. The molecular weight excluding hydrogens is 356 g/mol. The Morgan fingerprint density at radius 1 is 1.15 bits per heavy atom. The van der Waals surface area contributed by atoms with Gasteiger partial charge in [-0.15, -0.1) is 10.2 Å². The van der Waals surface area contributed by atoms with Crippen LogP contribution in [0.2, 0.25) is 0 Å². The highest BCUT2D eigenvalue weighted by atomic mass is 32.2. The Balaban J connectivity index is 1.62. The van der Waals surface area contributed by atoms with Gasteiger partial charge in [-0.25, -0.2) is 4.79 Å². The summed E-state index contributed by atoms with van der Waals surface area (Å²) in [7, 11) is 3.06. The Morgan fingerprint density at radius 3 is 2.73 bits per heavy atom. The molecule has 0 unspecified atom stereocenters. The van der Waals surface area contributed by atoms with Crippen LogP contribution in [0.25, 0.3) is 0 Å². The van der Waals surface area contributed by atoms with Gasteiger partial charge in [-0.3, -0.25) is 13.9 Å². The third-order valence-electron chi connectivity index (χ3n) is 3.77. The maximum absolute atomic E-state index is 11.9. The Kier molecular flexibility index (Phi) is 5.27. The van der Waals surface area contributed by atoms with Gasteiger partial charge >= 0.3 is 5.69 Å². The molecule has 0 amide bonds. The summed E-state index contributed by atoms with van der Waals surface area (Å²) in [6.07, 6.45) is 0. The first-order valence-electron chi connectivity index (χ1n) is 7.84. The molecule has 0 aliphatic heterocycles. The molecule has 1 aromatic carbocycles. The molecule has 26 heavy (non-hydrogen) atoms. The van der Waals surface area contributed by atoms with Crippen LogP contribution >= 0.6 is 11.8 Å². The van der Waals surface area contributed by atoms with Crippen molar-refractivity contribution in [1.82, 2.24) is 19.3 Å². The first-order chi connectivity index (χ1) is 12.4. The fraction of sp³-hybridized carbons (Fsp3) is 0.294. The summed E-state index contributed by atoms with van der Waals surface area (Å²) in [6.45, 7) is 2.15. The van der Waals surface area contributed by atoms with Crippen molar-refractivity contribution >= 4 is 11.8 Å². The summed E-state index contributed by atoms with van der Waals surface area (Å²) < 4.78 is 13.6. The van der Waals surface area contributed by atoms with Gasteiger partial charge in [-0.05, 0) is 24.6 Å². The van der Waals surface area contributed by atoms with Gasteiger partial charge < -0.3 is 9.15 Å². The molecule has 0 saturated heterocycles. The molecule has 0 aliphatic carbocycles. The summed E-state index contributed by atoms with van der Waals surface area (Å²) in [5, 5.41) is 8.24. The Hall–Kier alpha value is -2.81. The maximum Gasteiger partial charge on any atom is 0.330 e. The zero-order valence-electron chi connectivity index (χ0n) is 14.6. The number of hydrogen-bond acceptors (Lipinski definition) is 7. The van der Waals surface area contributed by atoms with Crippen molar-refractivity contribution in [2.24, 2.45) is 14.1 Å². The number of ether oxygens (including phenoxy) is 1. The zero-order chi connectivity index (χ0) is 18.7. The van der Waals surface area contributed by atoms with E-state index in [1.165, 1.54) is 29.4 Å². The van der Waals surface area contributed by atoms with Gasteiger partial charge in [-0.1, -0.05) is 23.9 Å². The standard InChI is InChI=1S/C17H18N4O4S/c1-11-5-4-6-13(7-11)24-9-14-18-19-16(25-14)26-10-12-8-15(22)21(3)17(23)20(12)2/h4-8H,9-10H2,1-3H3. The zero-order valence-corrected chi connectivity index (χ0v) is 15.4. The molecule has 9 heteroatoms. The average molecular weight is 374 g/mol. The lowest BCUT2D eigenvalue weighted by Gasteiger charge is -2.07. The Morgan fingerprint density at radius 2 is 1.96 bits per heavy atom. The largest absolute Gasteiger partial charge is 0.484 e. The molecule has 136 valence electrons. The number of aryl methyl sites for hydroxylation is 1. The van der Waals surface area contributed by atoms with Gasteiger partial charge in [0, 0.05) is 31.6 Å². The molecule has 0 radical (unpaired) electrons. The second-order valence-corrected chi connectivity index (χ2v) is 6.66. The second-order valence-electron chi connectivity index (χ2n) is 5.73. The van der Waals surface area contributed by atoms with Crippen LogP contribution in [0.15, 0.2) is 49.6 Å². The van der Waals surface area contributed by atoms with Crippen molar-refractivity contribution in [3.63, 3.8) is 0 Å². The van der Waals surface area contributed by atoms with Crippen LogP contribution in [0.3, 0.4) is 0 Å². The minimum Gasteiger partial charge on any atom is -0.484 e. The van der Waals surface area contributed by atoms with E-state index in [2.05, 4.69) is 10.2 Å². The van der Waals surface area contributed by atoms with Crippen molar-refractivity contribution in [1.29, 1.82) is 0 Å². The van der Waals surface area contributed by atoms with Crippen LogP contribution in [0, 0.1) is 6.92 Å². The van der Waals surface area contributed by atoms with Crippen LogP contribution in [0.5, 0.6) is 5.75 Å². The van der Waals surface area contributed by atoms with E-state index in [1.807, 2.05) is 31.2 Å². The van der Waals surface area contributed by atoms with Crippen molar-refractivity contribution in [3.05, 3.63) is 68.3 Å². The van der Waals surface area contributed by atoms with E-state index in [0.717, 1.165) is 15.9 Å². The lowest BCUT2D eigenvalue weighted by molar-refractivity contribution is 0.252. The lowest BCUT2D eigenvalue weighted by atomic mass is 10.2. The van der Waals surface area contributed by atoms with Crippen LogP contribution in [0.4, 0.5) is 0 Å². The third kappa shape index (κ3) is 4.05. The molecule has 0 aliphatic rings. The van der Waals surface area contributed by atoms with Gasteiger partial charge in [-0.2, -0.15) is 0 Å². The summed E-state index contributed by atoms with van der Waals surface area (Å²) in [6, 6.07) is 9.09. The first-order valence-corrected chi connectivity index (χ1v) is 8.83. The average Bonchev–Trinajstić information content (AvgIpc) is 3.08. The van der Waals surface area contributed by atoms with E-state index in [9.17, 15) is 9.59 Å². The van der Waals surface area contributed by atoms with Crippen LogP contribution in [-0.4, -0.2) is 19.3 Å². The highest BCUT2D eigenvalue weighted by molar-refractivity contribution is 7.98. The van der Waals surface area contributed by atoms with Crippen molar-refractivity contribution in [3.8, 4) is 5.75 Å². The summed E-state index contributed by atoms with van der Waals surface area (Å²) >= 11 is 1.25. The van der Waals surface area contributed by atoms with E-state index >= 15 is 0 Å². The highest BCUT2D eigenvalue weighted by Crippen LogP contribution is 2.21. The molecule has 0 saturated carbocycles.